The van der Waals surface area contributed by atoms with Gasteiger partial charge in [-0.15, -0.1) is 0 Å². The van der Waals surface area contributed by atoms with E-state index in [0.29, 0.717) is 12.1 Å². The lowest BCUT2D eigenvalue weighted by Crippen LogP contribution is -2.69. The van der Waals surface area contributed by atoms with Gasteiger partial charge in [0.05, 0.1) is 6.61 Å². The molecule has 1 rings (SSSR count). The average Bonchev–Trinajstić information content (AvgIpc) is 2.45. The first kappa shape index (κ1) is 19.7. The Hall–Kier alpha value is -2.32. The lowest BCUT2D eigenvalue weighted by atomic mass is 10.1. The number of ether oxygens (including phenoxy) is 1. The van der Waals surface area contributed by atoms with Crippen LogP contribution in [-0.4, -0.2) is 35.3 Å². The summed E-state index contributed by atoms with van der Waals surface area (Å²) in [5.41, 5.74) is -2.96. The van der Waals surface area contributed by atoms with Crippen LogP contribution in [0.25, 0.3) is 0 Å². The maximum absolute atomic E-state index is 13.7. The van der Waals surface area contributed by atoms with Gasteiger partial charge in [-0.2, -0.15) is 13.2 Å². The van der Waals surface area contributed by atoms with E-state index < -0.39 is 23.7 Å². The Bertz CT molecular complexity index is 593. The second-order valence-corrected chi connectivity index (χ2v) is 5.06. The number of anilines is 1. The number of aromatic nitrogens is 1. The summed E-state index contributed by atoms with van der Waals surface area (Å²) < 4.78 is 45.7. The van der Waals surface area contributed by atoms with Crippen LogP contribution in [-0.2, 0) is 14.3 Å². The van der Waals surface area contributed by atoms with Crippen LogP contribution in [0.2, 0.25) is 0 Å². The molecule has 1 aromatic rings. The fourth-order valence-electron chi connectivity index (χ4n) is 1.93. The second-order valence-electron chi connectivity index (χ2n) is 5.06. The number of nitrogens with one attached hydrogen (secondary N) is 2. The molecule has 0 aliphatic heterocycles. The number of carbonyl (C=O) groups is 2. The van der Waals surface area contributed by atoms with Crippen LogP contribution in [0.5, 0.6) is 0 Å². The van der Waals surface area contributed by atoms with E-state index in [0.717, 1.165) is 0 Å². The molecule has 0 aliphatic rings. The Morgan fingerprint density at radius 3 is 2.42 bits per heavy atom. The highest BCUT2D eigenvalue weighted by Gasteiger charge is 2.63. The molecule has 0 aromatic carbocycles. The quantitative estimate of drug-likeness (QED) is 0.585. The molecule has 0 saturated heterocycles. The summed E-state index contributed by atoms with van der Waals surface area (Å²) in [6.45, 7) is 4.32. The first-order chi connectivity index (χ1) is 11.2. The van der Waals surface area contributed by atoms with E-state index >= 15 is 0 Å². The van der Waals surface area contributed by atoms with Crippen LogP contribution in [0.4, 0.5) is 19.0 Å². The molecule has 134 valence electrons. The summed E-state index contributed by atoms with van der Waals surface area (Å²) in [7, 11) is 0. The number of halogens is 3. The maximum atomic E-state index is 13.7. The summed E-state index contributed by atoms with van der Waals surface area (Å²) >= 11 is 0. The van der Waals surface area contributed by atoms with Crippen molar-refractivity contribution in [2.75, 3.05) is 11.9 Å². The van der Waals surface area contributed by atoms with Crippen molar-refractivity contribution in [2.24, 2.45) is 0 Å². The predicted molar refractivity (Wildman–Crippen MR) is 81.1 cm³/mol. The summed E-state index contributed by atoms with van der Waals surface area (Å²) in [5.74, 6) is -2.79. The number of pyridine rings is 1. The summed E-state index contributed by atoms with van der Waals surface area (Å²) in [5, 5.41) is 3.74. The maximum Gasteiger partial charge on any atom is 0.441 e. The fraction of sp³-hybridized carbons (Fsp3) is 0.533. The van der Waals surface area contributed by atoms with Crippen LogP contribution in [0.3, 0.4) is 0 Å². The fourth-order valence-corrected chi connectivity index (χ4v) is 1.93. The Kier molecular flexibility index (Phi) is 6.56. The van der Waals surface area contributed by atoms with E-state index in [9.17, 15) is 22.8 Å². The molecule has 1 amide bonds. The van der Waals surface area contributed by atoms with Gasteiger partial charge in [-0.3, -0.25) is 4.79 Å². The zero-order valence-electron chi connectivity index (χ0n) is 13.7. The van der Waals surface area contributed by atoms with Gasteiger partial charge in [0.2, 0.25) is 5.91 Å². The van der Waals surface area contributed by atoms with E-state index in [1.54, 1.807) is 25.2 Å². The van der Waals surface area contributed by atoms with Crippen molar-refractivity contribution >= 4 is 17.7 Å². The Morgan fingerprint density at radius 2 is 1.92 bits per heavy atom. The monoisotopic (exact) mass is 347 g/mol. The van der Waals surface area contributed by atoms with Gasteiger partial charge in [-0.1, -0.05) is 13.0 Å². The molecule has 0 bridgehead atoms. The predicted octanol–water partition coefficient (Wildman–Crippen LogP) is 2.54. The molecule has 6 nitrogen and oxygen atoms in total. The van der Waals surface area contributed by atoms with Gasteiger partial charge in [-0.05, 0) is 32.4 Å². The van der Waals surface area contributed by atoms with Crippen molar-refractivity contribution in [1.29, 1.82) is 0 Å². The lowest BCUT2D eigenvalue weighted by Gasteiger charge is -2.35. The SMILES string of the molecule is CCCC(=O)N[C@@](Nc1cccc(C)n1)(C(=O)OCC)C(F)(F)F. The summed E-state index contributed by atoms with van der Waals surface area (Å²) in [6, 6.07) is 4.32. The minimum Gasteiger partial charge on any atom is -0.463 e. The third kappa shape index (κ3) is 4.59. The van der Waals surface area contributed by atoms with E-state index in [1.807, 2.05) is 5.32 Å². The molecular weight excluding hydrogens is 327 g/mol. The van der Waals surface area contributed by atoms with E-state index in [2.05, 4.69) is 9.72 Å². The zero-order chi connectivity index (χ0) is 18.4. The van der Waals surface area contributed by atoms with Gasteiger partial charge in [0.1, 0.15) is 5.82 Å². The number of rotatable bonds is 7. The van der Waals surface area contributed by atoms with E-state index in [-0.39, 0.29) is 18.8 Å². The molecule has 2 N–H and O–H groups in total. The van der Waals surface area contributed by atoms with Crippen molar-refractivity contribution in [3.05, 3.63) is 23.9 Å². The Balaban J connectivity index is 3.33. The van der Waals surface area contributed by atoms with Gasteiger partial charge < -0.3 is 15.4 Å². The third-order valence-corrected chi connectivity index (χ3v) is 3.01. The zero-order valence-corrected chi connectivity index (χ0v) is 13.7. The Labute approximate surface area is 137 Å². The van der Waals surface area contributed by atoms with Crippen LogP contribution >= 0.6 is 0 Å². The highest BCUT2D eigenvalue weighted by molar-refractivity contribution is 5.91. The minimum atomic E-state index is -5.14. The Morgan fingerprint density at radius 1 is 1.25 bits per heavy atom. The number of alkyl halides is 3. The van der Waals surface area contributed by atoms with Crippen molar-refractivity contribution in [2.45, 2.75) is 45.5 Å². The number of nitrogens with zero attached hydrogens (tertiary/aromatic N) is 1. The van der Waals surface area contributed by atoms with Crippen molar-refractivity contribution in [1.82, 2.24) is 10.3 Å². The second kappa shape index (κ2) is 7.98. The number of carbonyl (C=O) groups excluding carboxylic acids is 2. The first-order valence-electron chi connectivity index (χ1n) is 7.43. The molecule has 0 aliphatic carbocycles. The highest BCUT2D eigenvalue weighted by atomic mass is 19.4. The number of amides is 1. The highest BCUT2D eigenvalue weighted by Crippen LogP contribution is 2.33. The molecule has 1 heterocycles. The standard InChI is InChI=1S/C15H20F3N3O3/c1-4-7-12(22)21-14(15(16,17)18,13(23)24-5-2)20-11-9-6-8-10(3)19-11/h6,8-9H,4-5,7H2,1-3H3,(H,19,20)(H,21,22)/t14-/m0/s1. The summed E-state index contributed by atoms with van der Waals surface area (Å²) in [6.07, 6.45) is -4.99. The average molecular weight is 347 g/mol. The first-order valence-corrected chi connectivity index (χ1v) is 7.43. The number of aryl methyl sites for hydroxylation is 1. The minimum absolute atomic E-state index is 0.167. The molecule has 1 atom stereocenters. The van der Waals surface area contributed by atoms with Crippen LogP contribution in [0, 0.1) is 6.92 Å². The topological polar surface area (TPSA) is 80.3 Å². The molecule has 0 fully saturated rings. The molecule has 0 radical (unpaired) electrons. The largest absolute Gasteiger partial charge is 0.463 e. The smallest absolute Gasteiger partial charge is 0.441 e. The van der Waals surface area contributed by atoms with Gasteiger partial charge in [-0.25, -0.2) is 9.78 Å². The van der Waals surface area contributed by atoms with Gasteiger partial charge in [0, 0.05) is 12.1 Å². The van der Waals surface area contributed by atoms with Crippen LogP contribution in [0.1, 0.15) is 32.4 Å². The van der Waals surface area contributed by atoms with Gasteiger partial charge >= 0.3 is 17.8 Å². The van der Waals surface area contributed by atoms with Gasteiger partial charge in [0.15, 0.2) is 0 Å². The number of esters is 1. The number of hydrogen-bond acceptors (Lipinski definition) is 5. The third-order valence-electron chi connectivity index (χ3n) is 3.01. The number of hydrogen-bond donors (Lipinski definition) is 2. The molecule has 9 heteroatoms. The van der Waals surface area contributed by atoms with Crippen molar-refractivity contribution in [3.63, 3.8) is 0 Å². The van der Waals surface area contributed by atoms with E-state index in [1.165, 1.54) is 19.1 Å². The summed E-state index contributed by atoms with van der Waals surface area (Å²) in [4.78, 5) is 27.8. The molecule has 0 unspecified atom stereocenters. The van der Waals surface area contributed by atoms with Crippen molar-refractivity contribution in [3.8, 4) is 0 Å². The lowest BCUT2D eigenvalue weighted by molar-refractivity contribution is -0.208. The van der Waals surface area contributed by atoms with Crippen LogP contribution < -0.4 is 10.6 Å². The normalized spacial score (nSPS) is 13.8. The van der Waals surface area contributed by atoms with Crippen molar-refractivity contribution < 1.29 is 27.5 Å². The van der Waals surface area contributed by atoms with Crippen LogP contribution in [0.15, 0.2) is 18.2 Å². The van der Waals surface area contributed by atoms with Gasteiger partial charge in [0.25, 0.3) is 0 Å². The molecule has 24 heavy (non-hydrogen) atoms. The molecule has 1 aromatic heterocycles. The molecular formula is C15H20F3N3O3. The molecule has 0 saturated carbocycles. The van der Waals surface area contributed by atoms with E-state index in [4.69, 9.17) is 0 Å². The molecule has 0 spiro atoms.